The highest BCUT2D eigenvalue weighted by Crippen LogP contribution is 2.20. The number of halogens is 1. The van der Waals surface area contributed by atoms with E-state index in [2.05, 4.69) is 0 Å². The van der Waals surface area contributed by atoms with Crippen molar-refractivity contribution >= 4 is 18.4 Å². The number of aromatic carboxylic acids is 1. The van der Waals surface area contributed by atoms with E-state index in [0.717, 1.165) is 24.3 Å². The lowest BCUT2D eigenvalue weighted by molar-refractivity contribution is 0.0696. The van der Waals surface area contributed by atoms with Crippen molar-refractivity contribution in [3.8, 4) is 5.75 Å². The Morgan fingerprint density at radius 2 is 2.06 bits per heavy atom. The average Bonchev–Trinajstić information content (AvgIpc) is 2.25. The maximum Gasteiger partial charge on any atom is 0.335 e. The molecular weight excluding hydrogens is 242 g/mol. The van der Waals surface area contributed by atoms with Gasteiger partial charge in [0.15, 0.2) is 0 Å². The molecule has 0 bridgehead atoms. The predicted molar refractivity (Wildman–Crippen MR) is 69.5 cm³/mol. The zero-order chi connectivity index (χ0) is 12.1. The summed E-state index contributed by atoms with van der Waals surface area (Å²) in [5.41, 5.74) is 1.23. The fourth-order valence-electron chi connectivity index (χ4n) is 1.45. The molecule has 0 unspecified atom stereocenters. The largest absolute Gasteiger partial charge is 0.496 e. The number of likely N-dealkylation sites (N-methyl/N-ethyl adjacent to an activating group) is 1. The second-order valence-electron chi connectivity index (χ2n) is 3.89. The number of nitrogens with zero attached hydrogens (tertiary/aromatic N) is 1. The van der Waals surface area contributed by atoms with Gasteiger partial charge in [0.2, 0.25) is 0 Å². The first-order valence-electron chi connectivity index (χ1n) is 5.09. The van der Waals surface area contributed by atoms with Gasteiger partial charge in [0, 0.05) is 6.54 Å². The van der Waals surface area contributed by atoms with Gasteiger partial charge < -0.3 is 14.7 Å². The molecule has 0 saturated carbocycles. The van der Waals surface area contributed by atoms with Gasteiger partial charge in [-0.25, -0.2) is 4.79 Å². The number of ether oxygens (including phenoxy) is 1. The minimum absolute atomic E-state index is 0. The van der Waals surface area contributed by atoms with Crippen LogP contribution in [-0.4, -0.2) is 43.7 Å². The summed E-state index contributed by atoms with van der Waals surface area (Å²) in [4.78, 5) is 12.9. The summed E-state index contributed by atoms with van der Waals surface area (Å²) in [7, 11) is 5.55. The third-order valence-corrected chi connectivity index (χ3v) is 2.36. The molecule has 0 aliphatic rings. The van der Waals surface area contributed by atoms with E-state index >= 15 is 0 Å². The number of carboxylic acid groups (broad SMARTS) is 1. The van der Waals surface area contributed by atoms with Gasteiger partial charge in [-0.3, -0.25) is 0 Å². The lowest BCUT2D eigenvalue weighted by Gasteiger charge is -2.12. The summed E-state index contributed by atoms with van der Waals surface area (Å²) < 4.78 is 5.20. The molecular formula is C12H18ClNO3. The SMILES string of the molecule is COc1ccc(C(=O)O)cc1CCN(C)C.Cl. The van der Waals surface area contributed by atoms with E-state index < -0.39 is 5.97 Å². The first kappa shape index (κ1) is 15.7. The first-order valence-corrected chi connectivity index (χ1v) is 5.09. The summed E-state index contributed by atoms with van der Waals surface area (Å²) >= 11 is 0. The van der Waals surface area contributed by atoms with Crippen molar-refractivity contribution in [2.45, 2.75) is 6.42 Å². The molecule has 1 aromatic rings. The average molecular weight is 260 g/mol. The van der Waals surface area contributed by atoms with Crippen molar-refractivity contribution in [1.29, 1.82) is 0 Å². The quantitative estimate of drug-likeness (QED) is 0.878. The molecule has 0 atom stereocenters. The molecule has 1 aromatic carbocycles. The smallest absolute Gasteiger partial charge is 0.335 e. The molecule has 0 aromatic heterocycles. The molecule has 1 N–H and O–H groups in total. The highest BCUT2D eigenvalue weighted by atomic mass is 35.5. The third-order valence-electron chi connectivity index (χ3n) is 2.36. The number of methoxy groups -OCH3 is 1. The van der Waals surface area contributed by atoms with Gasteiger partial charge in [0.25, 0.3) is 0 Å². The number of hydrogen-bond donors (Lipinski definition) is 1. The Hall–Kier alpha value is -1.26. The molecule has 17 heavy (non-hydrogen) atoms. The van der Waals surface area contributed by atoms with Crippen molar-refractivity contribution in [2.24, 2.45) is 0 Å². The van der Waals surface area contributed by atoms with E-state index in [1.807, 2.05) is 19.0 Å². The van der Waals surface area contributed by atoms with Crippen LogP contribution in [0.4, 0.5) is 0 Å². The van der Waals surface area contributed by atoms with E-state index in [-0.39, 0.29) is 12.4 Å². The number of rotatable bonds is 5. The summed E-state index contributed by atoms with van der Waals surface area (Å²) in [6.45, 7) is 0.861. The van der Waals surface area contributed by atoms with Gasteiger partial charge in [-0.15, -0.1) is 12.4 Å². The lowest BCUT2D eigenvalue weighted by atomic mass is 10.1. The van der Waals surface area contributed by atoms with Crippen LogP contribution in [0.25, 0.3) is 0 Å². The number of carboxylic acids is 1. The van der Waals surface area contributed by atoms with Crippen molar-refractivity contribution in [1.82, 2.24) is 4.90 Å². The zero-order valence-electron chi connectivity index (χ0n) is 10.3. The second-order valence-corrected chi connectivity index (χ2v) is 3.89. The van der Waals surface area contributed by atoms with Gasteiger partial charge in [-0.1, -0.05) is 0 Å². The highest BCUT2D eigenvalue weighted by molar-refractivity contribution is 5.88. The van der Waals surface area contributed by atoms with E-state index in [4.69, 9.17) is 9.84 Å². The van der Waals surface area contributed by atoms with E-state index in [1.165, 1.54) is 0 Å². The highest BCUT2D eigenvalue weighted by Gasteiger charge is 2.08. The maximum absolute atomic E-state index is 10.8. The molecule has 0 saturated heterocycles. The normalized spacial score (nSPS) is 9.88. The maximum atomic E-state index is 10.8. The standard InChI is InChI=1S/C12H17NO3.ClH/c1-13(2)7-6-9-8-10(12(14)15)4-5-11(9)16-3;/h4-5,8H,6-7H2,1-3H3,(H,14,15);1H. The van der Waals surface area contributed by atoms with Crippen LogP contribution in [-0.2, 0) is 6.42 Å². The summed E-state index contributed by atoms with van der Waals surface area (Å²) in [5.74, 6) is -0.166. The number of hydrogen-bond acceptors (Lipinski definition) is 3. The van der Waals surface area contributed by atoms with E-state index in [9.17, 15) is 4.79 Å². The van der Waals surface area contributed by atoms with Crippen molar-refractivity contribution in [3.05, 3.63) is 29.3 Å². The van der Waals surface area contributed by atoms with Gasteiger partial charge >= 0.3 is 5.97 Å². The molecule has 0 spiro atoms. The Bertz CT molecular complexity index is 380. The third kappa shape index (κ3) is 4.63. The Morgan fingerprint density at radius 3 is 2.53 bits per heavy atom. The van der Waals surface area contributed by atoms with Crippen LogP contribution in [0.15, 0.2) is 18.2 Å². The van der Waals surface area contributed by atoms with Crippen molar-refractivity contribution in [2.75, 3.05) is 27.7 Å². The van der Waals surface area contributed by atoms with E-state index in [1.54, 1.807) is 25.3 Å². The molecule has 96 valence electrons. The van der Waals surface area contributed by atoms with Gasteiger partial charge in [0.1, 0.15) is 5.75 Å². The number of benzene rings is 1. The molecule has 0 radical (unpaired) electrons. The first-order chi connectivity index (χ1) is 7.54. The molecule has 1 rings (SSSR count). The van der Waals surface area contributed by atoms with Crippen molar-refractivity contribution < 1.29 is 14.6 Å². The van der Waals surface area contributed by atoms with Gasteiger partial charge in [-0.2, -0.15) is 0 Å². The van der Waals surface area contributed by atoms with Crippen molar-refractivity contribution in [3.63, 3.8) is 0 Å². The number of carbonyl (C=O) groups is 1. The topological polar surface area (TPSA) is 49.8 Å². The molecule has 0 aliphatic carbocycles. The molecule has 0 amide bonds. The van der Waals surface area contributed by atoms with E-state index in [0.29, 0.717) is 5.56 Å². The summed E-state index contributed by atoms with van der Waals surface area (Å²) in [6.07, 6.45) is 0.775. The van der Waals surface area contributed by atoms with Crippen LogP contribution in [0.1, 0.15) is 15.9 Å². The monoisotopic (exact) mass is 259 g/mol. The summed E-state index contributed by atoms with van der Waals surface area (Å²) in [5, 5.41) is 8.90. The fourth-order valence-corrected chi connectivity index (χ4v) is 1.45. The van der Waals surface area contributed by atoms with Gasteiger partial charge in [-0.05, 0) is 44.3 Å². The van der Waals surface area contributed by atoms with Crippen LogP contribution in [0, 0.1) is 0 Å². The Kier molecular flexibility index (Phi) is 6.61. The minimum Gasteiger partial charge on any atom is -0.496 e. The molecule has 0 aliphatic heterocycles. The fraction of sp³-hybridized carbons (Fsp3) is 0.417. The molecule has 0 fully saturated rings. The van der Waals surface area contributed by atoms with Gasteiger partial charge in [0.05, 0.1) is 12.7 Å². The Morgan fingerprint density at radius 1 is 1.41 bits per heavy atom. The second kappa shape index (κ2) is 7.14. The van der Waals surface area contributed by atoms with Crippen LogP contribution >= 0.6 is 12.4 Å². The van der Waals surface area contributed by atoms with Crippen LogP contribution in [0.5, 0.6) is 5.75 Å². The molecule has 5 heteroatoms. The summed E-state index contributed by atoms with van der Waals surface area (Å²) in [6, 6.07) is 4.93. The Balaban J connectivity index is 0.00000256. The zero-order valence-corrected chi connectivity index (χ0v) is 11.1. The van der Waals surface area contributed by atoms with Crippen LogP contribution < -0.4 is 4.74 Å². The Labute approximate surface area is 108 Å². The molecule has 4 nitrogen and oxygen atoms in total. The van der Waals surface area contributed by atoms with Crippen LogP contribution in [0.2, 0.25) is 0 Å². The molecule has 0 heterocycles. The minimum atomic E-state index is -0.909. The predicted octanol–water partition coefficient (Wildman–Crippen LogP) is 1.92. The lowest BCUT2D eigenvalue weighted by Crippen LogP contribution is -2.15. The van der Waals surface area contributed by atoms with Crippen LogP contribution in [0.3, 0.4) is 0 Å².